The maximum Gasteiger partial charge on any atom is 0.244 e. The monoisotopic (exact) mass is 409 g/mol. The van der Waals surface area contributed by atoms with Gasteiger partial charge in [-0.05, 0) is 30.7 Å². The topological polar surface area (TPSA) is 65.1 Å². The number of sulfonamides is 1. The van der Waals surface area contributed by atoms with E-state index in [-0.39, 0.29) is 0 Å². The van der Waals surface area contributed by atoms with Crippen LogP contribution in [0.2, 0.25) is 0 Å². The molecular formula is C19H23NO5S2. The van der Waals surface area contributed by atoms with Crippen LogP contribution in [0.4, 0.5) is 0 Å². The SMILES string of the molecule is COc1cc(OC)c([C@@H]2SCCN2S(=O)(=O)c2cccc(C)c2)cc1OC. The minimum absolute atomic E-state index is 0.300. The fourth-order valence-corrected chi connectivity index (χ4v) is 6.46. The summed E-state index contributed by atoms with van der Waals surface area (Å²) in [5.74, 6) is 2.34. The zero-order valence-corrected chi connectivity index (χ0v) is 17.4. The molecule has 0 aromatic heterocycles. The van der Waals surface area contributed by atoms with Gasteiger partial charge in [-0.3, -0.25) is 0 Å². The Kier molecular flexibility index (Phi) is 5.88. The molecule has 2 aromatic carbocycles. The summed E-state index contributed by atoms with van der Waals surface area (Å²) in [6.45, 7) is 2.32. The van der Waals surface area contributed by atoms with Crippen molar-refractivity contribution in [3.05, 3.63) is 47.5 Å². The van der Waals surface area contributed by atoms with Crippen molar-refractivity contribution in [3.8, 4) is 17.2 Å². The third kappa shape index (κ3) is 3.74. The lowest BCUT2D eigenvalue weighted by Crippen LogP contribution is -2.30. The number of ether oxygens (including phenoxy) is 3. The molecule has 1 saturated heterocycles. The van der Waals surface area contributed by atoms with Crippen molar-refractivity contribution in [1.82, 2.24) is 4.31 Å². The van der Waals surface area contributed by atoms with Gasteiger partial charge in [0.05, 0.1) is 31.6 Å². The molecule has 3 rings (SSSR count). The molecule has 0 bridgehead atoms. The van der Waals surface area contributed by atoms with E-state index in [9.17, 15) is 8.42 Å². The van der Waals surface area contributed by atoms with Crippen LogP contribution in [-0.4, -0.2) is 46.4 Å². The molecule has 0 spiro atoms. The highest BCUT2D eigenvalue weighted by Crippen LogP contribution is 2.47. The Labute approximate surface area is 164 Å². The van der Waals surface area contributed by atoms with Crippen molar-refractivity contribution >= 4 is 21.8 Å². The summed E-state index contributed by atoms with van der Waals surface area (Å²) in [4.78, 5) is 0.300. The highest BCUT2D eigenvalue weighted by molar-refractivity contribution is 8.01. The zero-order chi connectivity index (χ0) is 19.6. The van der Waals surface area contributed by atoms with Crippen molar-refractivity contribution in [2.24, 2.45) is 0 Å². The molecule has 6 nitrogen and oxygen atoms in total. The Bertz CT molecular complexity index is 930. The van der Waals surface area contributed by atoms with Crippen LogP contribution in [-0.2, 0) is 10.0 Å². The molecule has 0 N–H and O–H groups in total. The Morgan fingerprint density at radius 3 is 2.30 bits per heavy atom. The van der Waals surface area contributed by atoms with Crippen molar-refractivity contribution in [2.45, 2.75) is 17.2 Å². The molecule has 0 aliphatic carbocycles. The fraction of sp³-hybridized carbons (Fsp3) is 0.368. The molecule has 1 aliphatic rings. The first kappa shape index (κ1) is 19.9. The molecule has 0 radical (unpaired) electrons. The van der Waals surface area contributed by atoms with E-state index in [1.807, 2.05) is 13.0 Å². The second kappa shape index (κ2) is 8.00. The van der Waals surface area contributed by atoms with Gasteiger partial charge in [-0.1, -0.05) is 12.1 Å². The van der Waals surface area contributed by atoms with E-state index in [1.165, 1.54) is 4.31 Å². The largest absolute Gasteiger partial charge is 0.496 e. The van der Waals surface area contributed by atoms with E-state index in [0.717, 1.165) is 11.1 Å². The number of benzene rings is 2. The van der Waals surface area contributed by atoms with Gasteiger partial charge in [0.1, 0.15) is 5.75 Å². The van der Waals surface area contributed by atoms with E-state index in [4.69, 9.17) is 14.2 Å². The van der Waals surface area contributed by atoms with Crippen LogP contribution in [0.1, 0.15) is 16.5 Å². The van der Waals surface area contributed by atoms with Crippen molar-refractivity contribution in [1.29, 1.82) is 0 Å². The summed E-state index contributed by atoms with van der Waals surface area (Å²) in [5, 5.41) is -0.398. The highest BCUT2D eigenvalue weighted by Gasteiger charge is 2.38. The predicted octanol–water partition coefficient (Wildman–Crippen LogP) is 3.46. The second-order valence-electron chi connectivity index (χ2n) is 6.10. The Hall–Kier alpha value is -1.90. The predicted molar refractivity (Wildman–Crippen MR) is 106 cm³/mol. The Morgan fingerprint density at radius 2 is 1.67 bits per heavy atom. The molecular weight excluding hydrogens is 386 g/mol. The molecule has 27 heavy (non-hydrogen) atoms. The first-order chi connectivity index (χ1) is 12.9. The number of methoxy groups -OCH3 is 3. The standard InChI is InChI=1S/C19H23NO5S2/c1-13-6-5-7-14(10-13)27(21,22)20-8-9-26-19(20)15-11-17(24-3)18(25-4)12-16(15)23-2/h5-7,10-12,19H,8-9H2,1-4H3/t19-/m0/s1. The summed E-state index contributed by atoms with van der Waals surface area (Å²) in [6.07, 6.45) is 0. The highest BCUT2D eigenvalue weighted by atomic mass is 32.2. The first-order valence-electron chi connectivity index (χ1n) is 8.42. The molecule has 146 valence electrons. The smallest absolute Gasteiger partial charge is 0.244 e. The van der Waals surface area contributed by atoms with Gasteiger partial charge in [0.15, 0.2) is 11.5 Å². The van der Waals surface area contributed by atoms with Crippen LogP contribution >= 0.6 is 11.8 Å². The van der Waals surface area contributed by atoms with Crippen LogP contribution in [0.25, 0.3) is 0 Å². The number of aryl methyl sites for hydroxylation is 1. The molecule has 0 amide bonds. The van der Waals surface area contributed by atoms with Crippen LogP contribution in [0.15, 0.2) is 41.3 Å². The molecule has 1 heterocycles. The lowest BCUT2D eigenvalue weighted by atomic mass is 10.1. The van der Waals surface area contributed by atoms with Crippen LogP contribution in [0.5, 0.6) is 17.2 Å². The summed E-state index contributed by atoms with van der Waals surface area (Å²) in [7, 11) is 1.03. The van der Waals surface area contributed by atoms with E-state index >= 15 is 0 Å². The van der Waals surface area contributed by atoms with Gasteiger partial charge < -0.3 is 14.2 Å². The Balaban J connectivity index is 2.07. The van der Waals surface area contributed by atoms with E-state index in [2.05, 4.69) is 0 Å². The lowest BCUT2D eigenvalue weighted by Gasteiger charge is -2.25. The summed E-state index contributed by atoms with van der Waals surface area (Å²) >= 11 is 1.56. The van der Waals surface area contributed by atoms with Gasteiger partial charge in [0.25, 0.3) is 0 Å². The number of nitrogens with zero attached hydrogens (tertiary/aromatic N) is 1. The summed E-state index contributed by atoms with van der Waals surface area (Å²) in [5.41, 5.74) is 1.65. The molecule has 1 atom stereocenters. The van der Waals surface area contributed by atoms with Crippen LogP contribution < -0.4 is 14.2 Å². The number of rotatable bonds is 6. The molecule has 1 aliphatic heterocycles. The van der Waals surface area contributed by atoms with Gasteiger partial charge in [0, 0.05) is 23.9 Å². The van der Waals surface area contributed by atoms with Gasteiger partial charge in [-0.15, -0.1) is 11.8 Å². The number of thioether (sulfide) groups is 1. The average Bonchev–Trinajstić information content (AvgIpc) is 3.17. The Morgan fingerprint density at radius 1 is 1.00 bits per heavy atom. The summed E-state index contributed by atoms with van der Waals surface area (Å²) < 4.78 is 44.3. The maximum atomic E-state index is 13.3. The van der Waals surface area contributed by atoms with Gasteiger partial charge >= 0.3 is 0 Å². The van der Waals surface area contributed by atoms with E-state index in [0.29, 0.717) is 34.4 Å². The normalized spacial score (nSPS) is 17.7. The van der Waals surface area contributed by atoms with E-state index in [1.54, 1.807) is 63.4 Å². The zero-order valence-electron chi connectivity index (χ0n) is 15.8. The third-order valence-electron chi connectivity index (χ3n) is 4.45. The van der Waals surface area contributed by atoms with Crippen molar-refractivity contribution in [3.63, 3.8) is 0 Å². The lowest BCUT2D eigenvalue weighted by molar-refractivity contribution is 0.344. The van der Waals surface area contributed by atoms with E-state index < -0.39 is 15.4 Å². The number of hydrogen-bond acceptors (Lipinski definition) is 6. The summed E-state index contributed by atoms with van der Waals surface area (Å²) in [6, 6.07) is 10.5. The quantitative estimate of drug-likeness (QED) is 0.728. The maximum absolute atomic E-state index is 13.3. The van der Waals surface area contributed by atoms with Gasteiger partial charge in [-0.25, -0.2) is 8.42 Å². The first-order valence-corrected chi connectivity index (χ1v) is 10.9. The molecule has 8 heteroatoms. The second-order valence-corrected chi connectivity index (χ2v) is 9.18. The van der Waals surface area contributed by atoms with Gasteiger partial charge in [0.2, 0.25) is 10.0 Å². The average molecular weight is 410 g/mol. The van der Waals surface area contributed by atoms with Crippen molar-refractivity contribution in [2.75, 3.05) is 33.6 Å². The minimum Gasteiger partial charge on any atom is -0.496 e. The van der Waals surface area contributed by atoms with Gasteiger partial charge in [-0.2, -0.15) is 4.31 Å². The molecule has 0 unspecified atom stereocenters. The van der Waals surface area contributed by atoms with Crippen molar-refractivity contribution < 1.29 is 22.6 Å². The molecule has 2 aromatic rings. The third-order valence-corrected chi connectivity index (χ3v) is 7.68. The molecule has 1 fully saturated rings. The van der Waals surface area contributed by atoms with Crippen LogP contribution in [0, 0.1) is 6.92 Å². The minimum atomic E-state index is -3.63. The number of hydrogen-bond donors (Lipinski definition) is 0. The molecule has 0 saturated carbocycles. The fourth-order valence-electron chi connectivity index (χ4n) is 3.10. The van der Waals surface area contributed by atoms with Crippen LogP contribution in [0.3, 0.4) is 0 Å².